The van der Waals surface area contributed by atoms with E-state index < -0.39 is 5.97 Å². The molecule has 0 heterocycles. The Bertz CT molecular complexity index is 620. The highest BCUT2D eigenvalue weighted by atomic mass is 16.5. The molecule has 5 nitrogen and oxygen atoms in total. The van der Waals surface area contributed by atoms with E-state index in [2.05, 4.69) is 5.16 Å². The van der Waals surface area contributed by atoms with Crippen molar-refractivity contribution in [3.63, 3.8) is 0 Å². The summed E-state index contributed by atoms with van der Waals surface area (Å²) >= 11 is 0. The van der Waals surface area contributed by atoms with Crippen LogP contribution in [0.5, 0.6) is 11.5 Å². The molecular weight excluding hydrogens is 270 g/mol. The van der Waals surface area contributed by atoms with Crippen molar-refractivity contribution < 1.29 is 19.8 Å². The number of carboxylic acids is 1. The fourth-order valence-corrected chi connectivity index (χ4v) is 1.82. The molecule has 0 atom stereocenters. The van der Waals surface area contributed by atoms with E-state index >= 15 is 0 Å². The molecule has 0 spiro atoms. The second kappa shape index (κ2) is 7.09. The number of carboxylic acid groups (broad SMARTS) is 1. The number of nitrogens with zero attached hydrogens (tertiary/aromatic N) is 1. The Balaban J connectivity index is 2.05. The van der Waals surface area contributed by atoms with Crippen molar-refractivity contribution in [3.8, 4) is 11.5 Å². The smallest absolute Gasteiger partial charge is 0.303 e. The Hall–Kier alpha value is -2.82. The molecular formula is C16H15NO4. The maximum atomic E-state index is 10.6. The highest BCUT2D eigenvalue weighted by molar-refractivity contribution is 6.01. The summed E-state index contributed by atoms with van der Waals surface area (Å²) in [5.41, 5.74) is 1.00. The molecule has 0 aromatic heterocycles. The van der Waals surface area contributed by atoms with Crippen molar-refractivity contribution in [2.24, 2.45) is 5.16 Å². The van der Waals surface area contributed by atoms with E-state index in [1.54, 1.807) is 24.3 Å². The standard InChI is InChI=1S/C16H15NO4/c18-16(19)11-10-15(17-20)12-6-8-14(9-7-12)21-13-4-2-1-3-5-13/h1-9,20H,10-11H2,(H,18,19)/b17-15+. The summed E-state index contributed by atoms with van der Waals surface area (Å²) in [6.45, 7) is 0. The van der Waals surface area contributed by atoms with Gasteiger partial charge < -0.3 is 15.1 Å². The third-order valence-corrected chi connectivity index (χ3v) is 2.86. The quantitative estimate of drug-likeness (QED) is 0.483. The molecule has 0 fully saturated rings. The van der Waals surface area contributed by atoms with Crippen LogP contribution in [0, 0.1) is 0 Å². The minimum absolute atomic E-state index is 0.0817. The van der Waals surface area contributed by atoms with Gasteiger partial charge in [0.15, 0.2) is 0 Å². The first-order chi connectivity index (χ1) is 10.2. The first kappa shape index (κ1) is 14.6. The molecule has 0 aliphatic heterocycles. The molecule has 0 aliphatic rings. The Labute approximate surface area is 122 Å². The van der Waals surface area contributed by atoms with Crippen molar-refractivity contribution in [2.45, 2.75) is 12.8 Å². The summed E-state index contributed by atoms with van der Waals surface area (Å²) in [5.74, 6) is 0.452. The molecule has 2 aromatic rings. The predicted octanol–water partition coefficient (Wildman–Crippen LogP) is 3.52. The molecule has 2 rings (SSSR count). The first-order valence-corrected chi connectivity index (χ1v) is 6.45. The van der Waals surface area contributed by atoms with Crippen molar-refractivity contribution >= 4 is 11.7 Å². The molecule has 5 heteroatoms. The second-order valence-corrected chi connectivity index (χ2v) is 4.38. The molecule has 0 amide bonds. The van der Waals surface area contributed by atoms with E-state index in [1.165, 1.54) is 0 Å². The van der Waals surface area contributed by atoms with Crippen LogP contribution in [0.4, 0.5) is 0 Å². The molecule has 108 valence electrons. The zero-order valence-corrected chi connectivity index (χ0v) is 11.3. The molecule has 0 saturated carbocycles. The monoisotopic (exact) mass is 285 g/mol. The van der Waals surface area contributed by atoms with Gasteiger partial charge in [-0.15, -0.1) is 0 Å². The second-order valence-electron chi connectivity index (χ2n) is 4.38. The number of para-hydroxylation sites is 1. The molecule has 0 bridgehead atoms. The van der Waals surface area contributed by atoms with Crippen molar-refractivity contribution in [1.29, 1.82) is 0 Å². The lowest BCUT2D eigenvalue weighted by atomic mass is 10.1. The van der Waals surface area contributed by atoms with Crippen LogP contribution in [0.25, 0.3) is 0 Å². The normalized spacial score (nSPS) is 11.1. The highest BCUT2D eigenvalue weighted by Crippen LogP contribution is 2.21. The SMILES string of the molecule is O=C(O)CC/C(=N\O)c1ccc(Oc2ccccc2)cc1. The van der Waals surface area contributed by atoms with Crippen molar-refractivity contribution in [2.75, 3.05) is 0 Å². The van der Waals surface area contributed by atoms with Gasteiger partial charge in [0.05, 0.1) is 12.1 Å². The highest BCUT2D eigenvalue weighted by Gasteiger charge is 2.08. The van der Waals surface area contributed by atoms with Crippen LogP contribution in [0.15, 0.2) is 59.8 Å². The lowest BCUT2D eigenvalue weighted by molar-refractivity contribution is -0.136. The van der Waals surface area contributed by atoms with Crippen LogP contribution in [-0.4, -0.2) is 22.0 Å². The Morgan fingerprint density at radius 3 is 2.14 bits per heavy atom. The molecule has 2 N–H and O–H groups in total. The summed E-state index contributed by atoms with van der Waals surface area (Å²) < 4.78 is 5.65. The number of benzene rings is 2. The molecule has 21 heavy (non-hydrogen) atoms. The lowest BCUT2D eigenvalue weighted by Gasteiger charge is -2.07. The topological polar surface area (TPSA) is 79.1 Å². The largest absolute Gasteiger partial charge is 0.481 e. The van der Waals surface area contributed by atoms with Crippen LogP contribution in [0.2, 0.25) is 0 Å². The molecule has 0 unspecified atom stereocenters. The average Bonchev–Trinajstić information content (AvgIpc) is 2.50. The molecule has 0 saturated heterocycles. The minimum Gasteiger partial charge on any atom is -0.481 e. The Morgan fingerprint density at radius 2 is 1.57 bits per heavy atom. The first-order valence-electron chi connectivity index (χ1n) is 6.45. The number of rotatable bonds is 6. The van der Waals surface area contributed by atoms with E-state index in [0.717, 1.165) is 5.75 Å². The van der Waals surface area contributed by atoms with Gasteiger partial charge in [-0.25, -0.2) is 0 Å². The average molecular weight is 285 g/mol. The van der Waals surface area contributed by atoms with Crippen molar-refractivity contribution in [3.05, 3.63) is 60.2 Å². The fraction of sp³-hybridized carbons (Fsp3) is 0.125. The number of hydrogen-bond donors (Lipinski definition) is 2. The molecule has 0 radical (unpaired) electrons. The zero-order chi connectivity index (χ0) is 15.1. The van der Waals surface area contributed by atoms with Gasteiger partial charge in [-0.3, -0.25) is 4.79 Å². The van der Waals surface area contributed by atoms with Gasteiger partial charge in [0.2, 0.25) is 0 Å². The van der Waals surface area contributed by atoms with Gasteiger partial charge in [0.1, 0.15) is 11.5 Å². The van der Waals surface area contributed by atoms with Crippen LogP contribution >= 0.6 is 0 Å². The molecule has 0 aliphatic carbocycles. The number of aliphatic carboxylic acids is 1. The number of ether oxygens (including phenoxy) is 1. The Kier molecular flexibility index (Phi) is 4.93. The van der Waals surface area contributed by atoms with Crippen LogP contribution < -0.4 is 4.74 Å². The van der Waals surface area contributed by atoms with Gasteiger partial charge in [-0.05, 0) is 42.0 Å². The summed E-state index contributed by atoms with van der Waals surface area (Å²) in [6, 6.07) is 16.3. The zero-order valence-electron chi connectivity index (χ0n) is 11.3. The van der Waals surface area contributed by atoms with Crippen LogP contribution in [0.1, 0.15) is 18.4 Å². The summed E-state index contributed by atoms with van der Waals surface area (Å²) in [7, 11) is 0. The number of hydrogen-bond acceptors (Lipinski definition) is 4. The van der Waals surface area contributed by atoms with E-state index in [9.17, 15) is 4.79 Å². The summed E-state index contributed by atoms with van der Waals surface area (Å²) in [5, 5.41) is 20.8. The van der Waals surface area contributed by atoms with E-state index in [4.69, 9.17) is 15.1 Å². The van der Waals surface area contributed by atoms with Gasteiger partial charge in [0.25, 0.3) is 0 Å². The third kappa shape index (κ3) is 4.35. The number of carbonyl (C=O) groups is 1. The van der Waals surface area contributed by atoms with Gasteiger partial charge >= 0.3 is 5.97 Å². The lowest BCUT2D eigenvalue weighted by Crippen LogP contribution is -2.05. The molecule has 2 aromatic carbocycles. The van der Waals surface area contributed by atoms with E-state index in [-0.39, 0.29) is 12.8 Å². The maximum Gasteiger partial charge on any atom is 0.303 e. The Morgan fingerprint density at radius 1 is 0.952 bits per heavy atom. The van der Waals surface area contributed by atoms with Gasteiger partial charge in [-0.2, -0.15) is 0 Å². The third-order valence-electron chi connectivity index (χ3n) is 2.86. The fourth-order valence-electron chi connectivity index (χ4n) is 1.82. The van der Waals surface area contributed by atoms with E-state index in [1.807, 2.05) is 30.3 Å². The maximum absolute atomic E-state index is 10.6. The van der Waals surface area contributed by atoms with Crippen LogP contribution in [-0.2, 0) is 4.79 Å². The summed E-state index contributed by atoms with van der Waals surface area (Å²) in [4.78, 5) is 10.6. The van der Waals surface area contributed by atoms with Crippen molar-refractivity contribution in [1.82, 2.24) is 0 Å². The van der Waals surface area contributed by atoms with Crippen LogP contribution in [0.3, 0.4) is 0 Å². The minimum atomic E-state index is -0.930. The predicted molar refractivity (Wildman–Crippen MR) is 78.2 cm³/mol. The summed E-state index contributed by atoms with van der Waals surface area (Å²) in [6.07, 6.45) is 0.0897. The van der Waals surface area contributed by atoms with E-state index in [0.29, 0.717) is 17.0 Å². The van der Waals surface area contributed by atoms with Gasteiger partial charge in [0, 0.05) is 6.42 Å². The number of oxime groups is 1. The van der Waals surface area contributed by atoms with Gasteiger partial charge in [-0.1, -0.05) is 23.4 Å².